The highest BCUT2D eigenvalue weighted by Crippen LogP contribution is 2.19. The second-order valence-electron chi connectivity index (χ2n) is 6.24. The Labute approximate surface area is 148 Å². The third-order valence-electron chi connectivity index (χ3n) is 3.91. The van der Waals surface area contributed by atoms with Crippen LogP contribution < -0.4 is 10.7 Å². The van der Waals surface area contributed by atoms with E-state index in [1.54, 1.807) is 0 Å². The van der Waals surface area contributed by atoms with Crippen molar-refractivity contribution in [3.63, 3.8) is 0 Å². The van der Waals surface area contributed by atoms with Crippen molar-refractivity contribution in [2.24, 2.45) is 5.10 Å². The van der Waals surface area contributed by atoms with E-state index in [1.807, 2.05) is 56.3 Å². The van der Waals surface area contributed by atoms with Crippen LogP contribution in [0.15, 0.2) is 47.6 Å². The van der Waals surface area contributed by atoms with Gasteiger partial charge in [-0.05, 0) is 42.0 Å². The molecule has 5 heteroatoms. The van der Waals surface area contributed by atoms with Gasteiger partial charge in [-0.3, -0.25) is 9.59 Å². The average molecular weight is 337 g/mol. The van der Waals surface area contributed by atoms with Gasteiger partial charge in [0.05, 0.1) is 6.21 Å². The smallest absolute Gasteiger partial charge is 0.317 e. The fraction of sp³-hybridized carbons (Fsp3) is 0.250. The Morgan fingerprint density at radius 3 is 2.12 bits per heavy atom. The van der Waals surface area contributed by atoms with E-state index in [9.17, 15) is 9.59 Å². The predicted molar refractivity (Wildman–Crippen MR) is 101 cm³/mol. The summed E-state index contributed by atoms with van der Waals surface area (Å²) in [6.45, 7) is 8.00. The van der Waals surface area contributed by atoms with E-state index in [4.69, 9.17) is 0 Å². The molecule has 0 saturated carbocycles. The second kappa shape index (κ2) is 8.24. The molecule has 5 nitrogen and oxygen atoms in total. The zero-order valence-corrected chi connectivity index (χ0v) is 15.0. The maximum atomic E-state index is 12.0. The van der Waals surface area contributed by atoms with Gasteiger partial charge in [-0.15, -0.1) is 0 Å². The summed E-state index contributed by atoms with van der Waals surface area (Å²) in [6, 6.07) is 13.5. The highest BCUT2D eigenvalue weighted by molar-refractivity contribution is 6.39. The third kappa shape index (κ3) is 5.01. The van der Waals surface area contributed by atoms with E-state index in [0.29, 0.717) is 11.6 Å². The van der Waals surface area contributed by atoms with Crippen molar-refractivity contribution in [3.8, 4) is 0 Å². The molecule has 0 heterocycles. The number of carbonyl (C=O) groups excluding carboxylic acids is 2. The second-order valence-corrected chi connectivity index (χ2v) is 6.24. The Morgan fingerprint density at radius 2 is 1.56 bits per heavy atom. The van der Waals surface area contributed by atoms with Crippen molar-refractivity contribution in [3.05, 3.63) is 64.7 Å². The number of hydrogen-bond donors (Lipinski definition) is 2. The number of amides is 2. The fourth-order valence-electron chi connectivity index (χ4n) is 2.37. The first-order chi connectivity index (χ1) is 11.9. The van der Waals surface area contributed by atoms with Gasteiger partial charge in [0, 0.05) is 5.69 Å². The number of carbonyl (C=O) groups is 2. The normalized spacial score (nSPS) is 10.9. The van der Waals surface area contributed by atoms with Crippen LogP contribution in [0.2, 0.25) is 0 Å². The minimum absolute atomic E-state index is 0.458. The fourth-order valence-corrected chi connectivity index (χ4v) is 2.37. The van der Waals surface area contributed by atoms with Gasteiger partial charge >= 0.3 is 11.8 Å². The number of hydrazone groups is 1. The number of aryl methyl sites for hydroxylation is 2. The molecule has 0 saturated heterocycles. The molecule has 25 heavy (non-hydrogen) atoms. The molecular weight excluding hydrogens is 314 g/mol. The van der Waals surface area contributed by atoms with Gasteiger partial charge in [-0.2, -0.15) is 5.10 Å². The van der Waals surface area contributed by atoms with Gasteiger partial charge in [0.15, 0.2) is 0 Å². The Bertz CT molecular complexity index is 773. The van der Waals surface area contributed by atoms with Crippen LogP contribution in [0.1, 0.15) is 42.0 Å². The summed E-state index contributed by atoms with van der Waals surface area (Å²) in [5.74, 6) is -1.10. The van der Waals surface area contributed by atoms with Crippen LogP contribution in [0.25, 0.3) is 0 Å². The van der Waals surface area contributed by atoms with Crippen LogP contribution in [0.5, 0.6) is 0 Å². The zero-order valence-electron chi connectivity index (χ0n) is 15.0. The van der Waals surface area contributed by atoms with Crippen molar-refractivity contribution in [2.75, 3.05) is 5.32 Å². The molecule has 0 aliphatic rings. The monoisotopic (exact) mass is 337 g/mol. The summed E-state index contributed by atoms with van der Waals surface area (Å²) in [5.41, 5.74) is 6.77. The molecule has 2 amide bonds. The summed E-state index contributed by atoms with van der Waals surface area (Å²) in [4.78, 5) is 23.8. The summed E-state index contributed by atoms with van der Waals surface area (Å²) in [7, 11) is 0. The lowest BCUT2D eigenvalue weighted by Gasteiger charge is -2.10. The average Bonchev–Trinajstić information content (AvgIpc) is 2.58. The molecule has 0 spiro atoms. The van der Waals surface area contributed by atoms with Gasteiger partial charge < -0.3 is 5.32 Å². The minimum Gasteiger partial charge on any atom is -0.317 e. The maximum Gasteiger partial charge on any atom is 0.329 e. The van der Waals surface area contributed by atoms with Crippen LogP contribution >= 0.6 is 0 Å². The first-order valence-corrected chi connectivity index (χ1v) is 8.19. The van der Waals surface area contributed by atoms with Crippen LogP contribution in [-0.4, -0.2) is 18.0 Å². The molecular formula is C20H23N3O2. The molecule has 2 aromatic carbocycles. The maximum absolute atomic E-state index is 12.0. The van der Waals surface area contributed by atoms with Gasteiger partial charge in [0.25, 0.3) is 0 Å². The molecule has 0 radical (unpaired) electrons. The zero-order chi connectivity index (χ0) is 18.4. The summed E-state index contributed by atoms with van der Waals surface area (Å²) < 4.78 is 0. The molecule has 2 rings (SSSR count). The molecule has 130 valence electrons. The number of hydrogen-bond acceptors (Lipinski definition) is 3. The van der Waals surface area contributed by atoms with Crippen LogP contribution in [0, 0.1) is 13.8 Å². The van der Waals surface area contributed by atoms with E-state index in [-0.39, 0.29) is 0 Å². The van der Waals surface area contributed by atoms with Crippen LogP contribution in [-0.2, 0) is 9.59 Å². The first kappa shape index (κ1) is 18.4. The van der Waals surface area contributed by atoms with E-state index in [1.165, 1.54) is 11.8 Å². The number of rotatable bonds is 4. The summed E-state index contributed by atoms with van der Waals surface area (Å²) in [5, 5.41) is 6.46. The van der Waals surface area contributed by atoms with Gasteiger partial charge in [-0.25, -0.2) is 5.43 Å². The molecule has 0 aliphatic heterocycles. The van der Waals surface area contributed by atoms with Crippen molar-refractivity contribution in [1.82, 2.24) is 5.43 Å². The first-order valence-electron chi connectivity index (χ1n) is 8.19. The number of para-hydroxylation sites is 1. The lowest BCUT2D eigenvalue weighted by atomic mass is 10.0. The highest BCUT2D eigenvalue weighted by atomic mass is 16.2. The Morgan fingerprint density at radius 1 is 0.960 bits per heavy atom. The summed E-state index contributed by atoms with van der Waals surface area (Å²) >= 11 is 0. The van der Waals surface area contributed by atoms with Crippen molar-refractivity contribution in [1.29, 1.82) is 0 Å². The molecule has 0 atom stereocenters. The third-order valence-corrected chi connectivity index (χ3v) is 3.91. The predicted octanol–water partition coefficient (Wildman–Crippen LogP) is 3.52. The molecule has 2 aromatic rings. The molecule has 0 unspecified atom stereocenters. The molecule has 0 bridgehead atoms. The lowest BCUT2D eigenvalue weighted by molar-refractivity contribution is -0.136. The molecule has 0 aromatic heterocycles. The molecule has 0 aliphatic carbocycles. The quantitative estimate of drug-likeness (QED) is 0.509. The van der Waals surface area contributed by atoms with E-state index >= 15 is 0 Å². The van der Waals surface area contributed by atoms with Gasteiger partial charge in [-0.1, -0.05) is 56.3 Å². The SMILES string of the molecule is Cc1cccc(C)c1NC(=O)C(=O)N/N=C\c1ccc(C(C)C)cc1. The van der Waals surface area contributed by atoms with Gasteiger partial charge in [0.2, 0.25) is 0 Å². The number of nitrogens with one attached hydrogen (secondary N) is 2. The van der Waals surface area contributed by atoms with Crippen molar-refractivity contribution < 1.29 is 9.59 Å². The Hall–Kier alpha value is -2.95. The van der Waals surface area contributed by atoms with Crippen molar-refractivity contribution in [2.45, 2.75) is 33.6 Å². The lowest BCUT2D eigenvalue weighted by Crippen LogP contribution is -2.32. The van der Waals surface area contributed by atoms with Crippen LogP contribution in [0.3, 0.4) is 0 Å². The number of anilines is 1. The number of nitrogens with zero attached hydrogens (tertiary/aromatic N) is 1. The number of benzene rings is 2. The van der Waals surface area contributed by atoms with E-state index in [2.05, 4.69) is 29.7 Å². The largest absolute Gasteiger partial charge is 0.329 e. The molecule has 2 N–H and O–H groups in total. The molecule has 0 fully saturated rings. The van der Waals surface area contributed by atoms with Crippen molar-refractivity contribution >= 4 is 23.7 Å². The van der Waals surface area contributed by atoms with E-state index in [0.717, 1.165) is 16.7 Å². The van der Waals surface area contributed by atoms with E-state index < -0.39 is 11.8 Å². The highest BCUT2D eigenvalue weighted by Gasteiger charge is 2.15. The Balaban J connectivity index is 1.94. The van der Waals surface area contributed by atoms with Gasteiger partial charge in [0.1, 0.15) is 0 Å². The topological polar surface area (TPSA) is 70.6 Å². The van der Waals surface area contributed by atoms with Crippen LogP contribution in [0.4, 0.5) is 5.69 Å². The summed E-state index contributed by atoms with van der Waals surface area (Å²) in [6.07, 6.45) is 1.51. The Kier molecular flexibility index (Phi) is 6.06. The standard InChI is InChI=1S/C20H23N3O2/c1-13(2)17-10-8-16(9-11-17)12-21-23-20(25)19(24)22-18-14(3)6-5-7-15(18)4/h5-13H,1-4H3,(H,22,24)(H,23,25)/b21-12-. The minimum atomic E-state index is -0.808.